The molecular formula is C20H21ClN2O2S2. The van der Waals surface area contributed by atoms with E-state index in [4.69, 9.17) is 4.42 Å². The number of carbonyl (C=O) groups is 1. The Morgan fingerprint density at radius 1 is 1.19 bits per heavy atom. The summed E-state index contributed by atoms with van der Waals surface area (Å²) in [5.41, 5.74) is 1.83. The molecule has 4 heterocycles. The summed E-state index contributed by atoms with van der Waals surface area (Å²) >= 11 is 3.50. The molecule has 1 aromatic carbocycles. The predicted molar refractivity (Wildman–Crippen MR) is 113 cm³/mol. The number of nitrogens with one attached hydrogen (secondary N) is 1. The van der Waals surface area contributed by atoms with Crippen LogP contribution in [0.1, 0.15) is 16.1 Å². The molecular weight excluding hydrogens is 400 g/mol. The van der Waals surface area contributed by atoms with Gasteiger partial charge in [0.25, 0.3) is 5.91 Å². The van der Waals surface area contributed by atoms with Crippen LogP contribution in [-0.2, 0) is 5.75 Å². The molecule has 0 unspecified atom stereocenters. The van der Waals surface area contributed by atoms with E-state index in [1.807, 2.05) is 23.1 Å². The van der Waals surface area contributed by atoms with Gasteiger partial charge in [0.1, 0.15) is 5.58 Å². The van der Waals surface area contributed by atoms with Crippen LogP contribution in [0, 0.1) is 11.8 Å². The van der Waals surface area contributed by atoms with Gasteiger partial charge in [0.05, 0.1) is 4.21 Å². The quantitative estimate of drug-likeness (QED) is 0.631. The van der Waals surface area contributed by atoms with Crippen LogP contribution in [0.15, 0.2) is 50.4 Å². The van der Waals surface area contributed by atoms with E-state index in [-0.39, 0.29) is 18.3 Å². The molecule has 2 saturated heterocycles. The molecule has 1 amide bonds. The Balaban J connectivity index is 0.00000180. The van der Waals surface area contributed by atoms with E-state index in [1.54, 1.807) is 23.1 Å². The van der Waals surface area contributed by atoms with Crippen LogP contribution in [0.5, 0.6) is 0 Å². The minimum atomic E-state index is 0. The summed E-state index contributed by atoms with van der Waals surface area (Å²) in [6, 6.07) is 12.2. The molecule has 5 rings (SSSR count). The van der Waals surface area contributed by atoms with Crippen LogP contribution in [-0.4, -0.2) is 37.0 Å². The molecule has 2 aromatic heterocycles. The number of fused-ring (bicyclic) bond motifs is 2. The highest BCUT2D eigenvalue weighted by Crippen LogP contribution is 2.35. The van der Waals surface area contributed by atoms with E-state index in [0.29, 0.717) is 17.6 Å². The fourth-order valence-corrected chi connectivity index (χ4v) is 5.88. The van der Waals surface area contributed by atoms with Gasteiger partial charge in [-0.05, 0) is 29.3 Å². The first-order valence-electron chi connectivity index (χ1n) is 8.96. The molecule has 4 nitrogen and oxygen atoms in total. The van der Waals surface area contributed by atoms with Crippen LogP contribution >= 0.6 is 35.5 Å². The molecule has 7 heteroatoms. The van der Waals surface area contributed by atoms with Crippen molar-refractivity contribution in [3.63, 3.8) is 0 Å². The van der Waals surface area contributed by atoms with Crippen LogP contribution < -0.4 is 5.32 Å². The highest BCUT2D eigenvalue weighted by Gasteiger charge is 2.39. The monoisotopic (exact) mass is 420 g/mol. The number of amides is 1. The van der Waals surface area contributed by atoms with Gasteiger partial charge in [-0.3, -0.25) is 4.79 Å². The number of rotatable bonds is 4. The lowest BCUT2D eigenvalue weighted by atomic mass is 10.0. The third-order valence-corrected chi connectivity index (χ3v) is 7.58. The van der Waals surface area contributed by atoms with Crippen molar-refractivity contribution in [1.29, 1.82) is 0 Å². The molecule has 2 atom stereocenters. The maximum Gasteiger partial charge on any atom is 0.289 e. The van der Waals surface area contributed by atoms with E-state index < -0.39 is 0 Å². The zero-order chi connectivity index (χ0) is 17.5. The Kier molecular flexibility index (Phi) is 5.50. The Morgan fingerprint density at radius 2 is 1.96 bits per heavy atom. The third kappa shape index (κ3) is 3.51. The summed E-state index contributed by atoms with van der Waals surface area (Å²) in [7, 11) is 0. The molecule has 27 heavy (non-hydrogen) atoms. The summed E-state index contributed by atoms with van der Waals surface area (Å²) < 4.78 is 7.31. The molecule has 0 saturated carbocycles. The summed E-state index contributed by atoms with van der Waals surface area (Å²) in [6.45, 7) is 3.72. The van der Waals surface area contributed by atoms with E-state index in [9.17, 15) is 4.79 Å². The average molecular weight is 421 g/mol. The zero-order valence-corrected chi connectivity index (χ0v) is 17.2. The van der Waals surface area contributed by atoms with E-state index in [0.717, 1.165) is 48.5 Å². The SMILES string of the molecule is Cl.O=C(c1oc2ccccc2c1CSc1cccs1)N1C[C@H]2CNC[C@H]2C1. The summed E-state index contributed by atoms with van der Waals surface area (Å²) in [5.74, 6) is 2.51. The fourth-order valence-electron chi connectivity index (χ4n) is 4.07. The van der Waals surface area contributed by atoms with Crippen molar-refractivity contribution >= 4 is 52.4 Å². The number of halogens is 1. The fraction of sp³-hybridized carbons (Fsp3) is 0.350. The summed E-state index contributed by atoms with van der Waals surface area (Å²) in [4.78, 5) is 15.2. The number of para-hydroxylation sites is 1. The van der Waals surface area contributed by atoms with Gasteiger partial charge >= 0.3 is 0 Å². The lowest BCUT2D eigenvalue weighted by Crippen LogP contribution is -2.32. The smallest absolute Gasteiger partial charge is 0.289 e. The van der Waals surface area contributed by atoms with Crippen molar-refractivity contribution in [3.8, 4) is 0 Å². The number of thiophene rings is 1. The maximum atomic E-state index is 13.2. The number of hydrogen-bond acceptors (Lipinski definition) is 5. The van der Waals surface area contributed by atoms with Crippen molar-refractivity contribution in [2.45, 2.75) is 9.96 Å². The molecule has 0 bridgehead atoms. The number of carbonyl (C=O) groups excluding carboxylic acids is 1. The van der Waals surface area contributed by atoms with Gasteiger partial charge < -0.3 is 14.6 Å². The first-order chi connectivity index (χ1) is 12.8. The lowest BCUT2D eigenvalue weighted by molar-refractivity contribution is 0.0751. The Hall–Kier alpha value is -1.47. The first kappa shape index (κ1) is 18.9. The van der Waals surface area contributed by atoms with Crippen LogP contribution in [0.3, 0.4) is 0 Å². The standard InChI is InChI=1S/C20H20N2O2S2.ClH/c23-20(22-10-13-8-21-9-14(13)11-22)19-16(12-26-18-6-3-7-25-18)15-4-1-2-5-17(15)24-19;/h1-7,13-14,21H,8-12H2;1H/t13-,14+;. The molecule has 3 aromatic rings. The lowest BCUT2D eigenvalue weighted by Gasteiger charge is -2.16. The van der Waals surface area contributed by atoms with Crippen molar-refractivity contribution in [3.05, 3.63) is 53.1 Å². The Bertz CT molecular complexity index is 929. The van der Waals surface area contributed by atoms with Crippen LogP contribution in [0.2, 0.25) is 0 Å². The number of furan rings is 1. The second-order valence-electron chi connectivity index (χ2n) is 7.02. The Morgan fingerprint density at radius 3 is 2.70 bits per heavy atom. The molecule has 0 spiro atoms. The molecule has 0 radical (unpaired) electrons. The van der Waals surface area contributed by atoms with Gasteiger partial charge in [0, 0.05) is 42.9 Å². The molecule has 2 aliphatic rings. The number of benzene rings is 1. The minimum absolute atomic E-state index is 0. The van der Waals surface area contributed by atoms with E-state index in [2.05, 4.69) is 28.9 Å². The molecule has 2 aliphatic heterocycles. The molecule has 142 valence electrons. The van der Waals surface area contributed by atoms with E-state index >= 15 is 0 Å². The third-order valence-electron chi connectivity index (χ3n) is 5.42. The number of likely N-dealkylation sites (tertiary alicyclic amines) is 1. The van der Waals surface area contributed by atoms with Gasteiger partial charge in [-0.25, -0.2) is 0 Å². The number of hydrogen-bond donors (Lipinski definition) is 1. The van der Waals surface area contributed by atoms with Gasteiger partial charge in [-0.15, -0.1) is 35.5 Å². The number of nitrogens with zero attached hydrogens (tertiary/aromatic N) is 1. The topological polar surface area (TPSA) is 45.5 Å². The summed E-state index contributed by atoms with van der Waals surface area (Å²) in [5, 5.41) is 6.57. The summed E-state index contributed by atoms with van der Waals surface area (Å²) in [6.07, 6.45) is 0. The maximum absolute atomic E-state index is 13.2. The molecule has 1 N–H and O–H groups in total. The van der Waals surface area contributed by atoms with Gasteiger partial charge in [-0.2, -0.15) is 0 Å². The highest BCUT2D eigenvalue weighted by atomic mass is 35.5. The normalized spacial score (nSPS) is 21.4. The highest BCUT2D eigenvalue weighted by molar-refractivity contribution is 8.00. The second kappa shape index (κ2) is 7.87. The average Bonchev–Trinajstić information content (AvgIpc) is 3.41. The largest absolute Gasteiger partial charge is 0.451 e. The van der Waals surface area contributed by atoms with Crippen molar-refractivity contribution in [2.75, 3.05) is 26.2 Å². The first-order valence-corrected chi connectivity index (χ1v) is 10.8. The van der Waals surface area contributed by atoms with Gasteiger partial charge in [-0.1, -0.05) is 24.3 Å². The minimum Gasteiger partial charge on any atom is -0.451 e. The zero-order valence-electron chi connectivity index (χ0n) is 14.7. The molecule has 2 fully saturated rings. The number of thioether (sulfide) groups is 1. The van der Waals surface area contributed by atoms with Crippen LogP contribution in [0.25, 0.3) is 11.0 Å². The predicted octanol–water partition coefficient (Wildman–Crippen LogP) is 4.50. The van der Waals surface area contributed by atoms with Crippen LogP contribution in [0.4, 0.5) is 0 Å². The van der Waals surface area contributed by atoms with E-state index in [1.165, 1.54) is 4.21 Å². The van der Waals surface area contributed by atoms with Crippen molar-refractivity contribution in [2.24, 2.45) is 11.8 Å². The van der Waals surface area contributed by atoms with Gasteiger partial charge in [0.15, 0.2) is 5.76 Å². The van der Waals surface area contributed by atoms with Crippen molar-refractivity contribution < 1.29 is 9.21 Å². The molecule has 0 aliphatic carbocycles. The second-order valence-corrected chi connectivity index (χ2v) is 9.24. The van der Waals surface area contributed by atoms with Gasteiger partial charge in [0.2, 0.25) is 0 Å². The Labute approximate surface area is 172 Å². The van der Waals surface area contributed by atoms with Crippen molar-refractivity contribution in [1.82, 2.24) is 10.2 Å².